The molecule has 1 aromatic rings. The van der Waals surface area contributed by atoms with Gasteiger partial charge in [-0.2, -0.15) is 0 Å². The fourth-order valence-electron chi connectivity index (χ4n) is 2.75. The molecular formula is C14H20O2. The third-order valence-corrected chi connectivity index (χ3v) is 3.69. The zero-order chi connectivity index (χ0) is 11.6. The first-order valence-electron chi connectivity index (χ1n) is 6.04. The van der Waals surface area contributed by atoms with Crippen LogP contribution in [0.25, 0.3) is 0 Å². The van der Waals surface area contributed by atoms with Gasteiger partial charge in [0.1, 0.15) is 5.75 Å². The van der Waals surface area contributed by atoms with Gasteiger partial charge >= 0.3 is 0 Å². The summed E-state index contributed by atoms with van der Waals surface area (Å²) in [5.41, 5.74) is 1.50. The molecule has 1 fully saturated rings. The van der Waals surface area contributed by atoms with Gasteiger partial charge in [-0.1, -0.05) is 31.4 Å². The Morgan fingerprint density at radius 3 is 2.50 bits per heavy atom. The molecule has 2 nitrogen and oxygen atoms in total. The number of methoxy groups -OCH3 is 1. The van der Waals surface area contributed by atoms with Gasteiger partial charge in [-0.15, -0.1) is 0 Å². The van der Waals surface area contributed by atoms with E-state index in [0.717, 1.165) is 42.6 Å². The van der Waals surface area contributed by atoms with Crippen LogP contribution in [0.2, 0.25) is 0 Å². The van der Waals surface area contributed by atoms with Crippen molar-refractivity contribution >= 4 is 0 Å². The second kappa shape index (κ2) is 4.46. The minimum atomic E-state index is -0.628. The lowest BCUT2D eigenvalue weighted by Crippen LogP contribution is -2.29. The van der Waals surface area contributed by atoms with Crippen LogP contribution in [0.1, 0.15) is 43.2 Å². The number of hydrogen-bond acceptors (Lipinski definition) is 2. The maximum Gasteiger partial charge on any atom is 0.122 e. The molecule has 0 unspecified atom stereocenters. The average Bonchev–Trinajstić information content (AvgIpc) is 2.30. The van der Waals surface area contributed by atoms with Gasteiger partial charge in [0.15, 0.2) is 0 Å². The number of ether oxygens (including phenoxy) is 1. The van der Waals surface area contributed by atoms with Crippen molar-refractivity contribution in [3.05, 3.63) is 29.3 Å². The van der Waals surface area contributed by atoms with Crippen molar-refractivity contribution in [2.24, 2.45) is 0 Å². The molecule has 16 heavy (non-hydrogen) atoms. The Morgan fingerprint density at radius 2 is 1.88 bits per heavy atom. The maximum absolute atomic E-state index is 10.7. The third kappa shape index (κ3) is 1.94. The number of benzene rings is 1. The minimum Gasteiger partial charge on any atom is -0.496 e. The molecule has 88 valence electrons. The summed E-state index contributed by atoms with van der Waals surface area (Å²) < 4.78 is 5.31. The highest BCUT2D eigenvalue weighted by molar-refractivity contribution is 5.42. The summed E-state index contributed by atoms with van der Waals surface area (Å²) in [6, 6.07) is 5.95. The summed E-state index contributed by atoms with van der Waals surface area (Å²) in [6.45, 7) is 2.03. The van der Waals surface area contributed by atoms with Crippen LogP contribution in [0, 0.1) is 6.92 Å². The van der Waals surface area contributed by atoms with Crippen LogP contribution < -0.4 is 4.74 Å². The van der Waals surface area contributed by atoms with E-state index in [1.54, 1.807) is 7.11 Å². The van der Waals surface area contributed by atoms with Gasteiger partial charge in [-0.05, 0) is 37.0 Å². The standard InChI is InChI=1S/C14H20O2/c1-11-12(7-6-8-13(11)16-2)14(15)9-4-3-5-10-14/h6-8,15H,3-5,9-10H2,1-2H3. The van der Waals surface area contributed by atoms with E-state index in [-0.39, 0.29) is 0 Å². The molecule has 0 spiro atoms. The lowest BCUT2D eigenvalue weighted by molar-refractivity contribution is -0.00136. The van der Waals surface area contributed by atoms with Crippen LogP contribution in [0.15, 0.2) is 18.2 Å². The first kappa shape index (κ1) is 11.5. The van der Waals surface area contributed by atoms with Gasteiger partial charge in [-0.25, -0.2) is 0 Å². The SMILES string of the molecule is COc1cccc(C2(O)CCCCC2)c1C. The van der Waals surface area contributed by atoms with Gasteiger partial charge in [0.05, 0.1) is 12.7 Å². The highest BCUT2D eigenvalue weighted by atomic mass is 16.5. The Balaban J connectivity index is 2.38. The van der Waals surface area contributed by atoms with E-state index in [0.29, 0.717) is 0 Å². The van der Waals surface area contributed by atoms with Crippen LogP contribution in [0.5, 0.6) is 5.75 Å². The molecule has 1 N–H and O–H groups in total. The van der Waals surface area contributed by atoms with Gasteiger partial charge in [0.2, 0.25) is 0 Å². The molecule has 0 bridgehead atoms. The van der Waals surface area contributed by atoms with E-state index in [1.165, 1.54) is 6.42 Å². The normalized spacial score (nSPS) is 19.4. The molecule has 0 aromatic heterocycles. The molecule has 0 heterocycles. The lowest BCUT2D eigenvalue weighted by atomic mass is 9.78. The lowest BCUT2D eigenvalue weighted by Gasteiger charge is -2.34. The van der Waals surface area contributed by atoms with Crippen LogP contribution in [0.4, 0.5) is 0 Å². The molecule has 0 saturated heterocycles. The summed E-state index contributed by atoms with van der Waals surface area (Å²) in [4.78, 5) is 0. The third-order valence-electron chi connectivity index (χ3n) is 3.69. The van der Waals surface area contributed by atoms with Crippen molar-refractivity contribution in [3.8, 4) is 5.75 Å². The fourth-order valence-corrected chi connectivity index (χ4v) is 2.75. The van der Waals surface area contributed by atoms with Gasteiger partial charge in [-0.3, -0.25) is 0 Å². The highest BCUT2D eigenvalue weighted by Crippen LogP contribution is 2.40. The van der Waals surface area contributed by atoms with E-state index in [4.69, 9.17) is 4.74 Å². The average molecular weight is 220 g/mol. The van der Waals surface area contributed by atoms with E-state index in [2.05, 4.69) is 0 Å². The molecule has 1 aliphatic rings. The van der Waals surface area contributed by atoms with E-state index in [9.17, 15) is 5.11 Å². The van der Waals surface area contributed by atoms with Crippen molar-refractivity contribution in [2.75, 3.05) is 7.11 Å². The van der Waals surface area contributed by atoms with Crippen molar-refractivity contribution in [1.82, 2.24) is 0 Å². The quantitative estimate of drug-likeness (QED) is 0.829. The zero-order valence-electron chi connectivity index (χ0n) is 10.1. The molecule has 0 atom stereocenters. The summed E-state index contributed by atoms with van der Waals surface area (Å²) >= 11 is 0. The molecule has 0 aliphatic heterocycles. The zero-order valence-corrected chi connectivity index (χ0v) is 10.1. The monoisotopic (exact) mass is 220 g/mol. The van der Waals surface area contributed by atoms with Crippen molar-refractivity contribution in [1.29, 1.82) is 0 Å². The summed E-state index contributed by atoms with van der Waals surface area (Å²) in [5.74, 6) is 0.872. The molecule has 0 radical (unpaired) electrons. The summed E-state index contributed by atoms with van der Waals surface area (Å²) in [7, 11) is 1.68. The van der Waals surface area contributed by atoms with Gasteiger partial charge < -0.3 is 9.84 Å². The first-order chi connectivity index (χ1) is 7.67. The molecule has 1 aliphatic carbocycles. The molecule has 2 heteroatoms. The van der Waals surface area contributed by atoms with Crippen LogP contribution in [-0.4, -0.2) is 12.2 Å². The van der Waals surface area contributed by atoms with Crippen molar-refractivity contribution in [2.45, 2.75) is 44.6 Å². The van der Waals surface area contributed by atoms with Gasteiger partial charge in [0, 0.05) is 0 Å². The Morgan fingerprint density at radius 1 is 1.19 bits per heavy atom. The summed E-state index contributed by atoms with van der Waals surface area (Å²) in [5, 5.41) is 10.7. The predicted molar refractivity (Wildman–Crippen MR) is 64.7 cm³/mol. The van der Waals surface area contributed by atoms with Crippen LogP contribution in [0.3, 0.4) is 0 Å². The maximum atomic E-state index is 10.7. The van der Waals surface area contributed by atoms with Crippen molar-refractivity contribution in [3.63, 3.8) is 0 Å². The number of hydrogen-bond donors (Lipinski definition) is 1. The van der Waals surface area contributed by atoms with E-state index < -0.39 is 5.60 Å². The van der Waals surface area contributed by atoms with Crippen molar-refractivity contribution < 1.29 is 9.84 Å². The second-order valence-electron chi connectivity index (χ2n) is 4.73. The van der Waals surface area contributed by atoms with Crippen LogP contribution >= 0.6 is 0 Å². The Hall–Kier alpha value is -1.02. The fraction of sp³-hybridized carbons (Fsp3) is 0.571. The first-order valence-corrected chi connectivity index (χ1v) is 6.04. The largest absolute Gasteiger partial charge is 0.496 e. The molecule has 0 amide bonds. The van der Waals surface area contributed by atoms with E-state index in [1.807, 2.05) is 25.1 Å². The summed E-state index contributed by atoms with van der Waals surface area (Å²) in [6.07, 6.45) is 5.23. The molecule has 1 aromatic carbocycles. The molecule has 2 rings (SSSR count). The number of rotatable bonds is 2. The van der Waals surface area contributed by atoms with Crippen LogP contribution in [-0.2, 0) is 5.60 Å². The molecular weight excluding hydrogens is 200 g/mol. The Bertz CT molecular complexity index is 365. The molecule has 1 saturated carbocycles. The Kier molecular flexibility index (Phi) is 3.20. The minimum absolute atomic E-state index is 0.628. The smallest absolute Gasteiger partial charge is 0.122 e. The predicted octanol–water partition coefficient (Wildman–Crippen LogP) is 3.16. The number of aliphatic hydroxyl groups is 1. The highest BCUT2D eigenvalue weighted by Gasteiger charge is 2.32. The van der Waals surface area contributed by atoms with Gasteiger partial charge in [0.25, 0.3) is 0 Å². The Labute approximate surface area is 97.3 Å². The van der Waals surface area contributed by atoms with E-state index >= 15 is 0 Å². The second-order valence-corrected chi connectivity index (χ2v) is 4.73. The topological polar surface area (TPSA) is 29.5 Å².